The largest absolute Gasteiger partial charge is 0.329 e. The normalized spacial score (nSPS) is 17.5. The quantitative estimate of drug-likeness (QED) is 0.701. The molecule has 1 saturated carbocycles. The Kier molecular flexibility index (Phi) is 2.55. The van der Waals surface area contributed by atoms with Crippen molar-refractivity contribution in [2.24, 2.45) is 0 Å². The van der Waals surface area contributed by atoms with Crippen LogP contribution in [0.4, 0.5) is 0 Å². The summed E-state index contributed by atoms with van der Waals surface area (Å²) in [5, 5.41) is 12.8. The summed E-state index contributed by atoms with van der Waals surface area (Å²) in [5.41, 5.74) is 1.11. The Morgan fingerprint density at radius 3 is 3.00 bits per heavy atom. The summed E-state index contributed by atoms with van der Waals surface area (Å²) in [6.45, 7) is 1.91. The van der Waals surface area contributed by atoms with Gasteiger partial charge >= 0.3 is 0 Å². The summed E-state index contributed by atoms with van der Waals surface area (Å²) in [7, 11) is 0. The summed E-state index contributed by atoms with van der Waals surface area (Å²) in [5.74, 6) is 2.48. The fourth-order valence-electron chi connectivity index (χ4n) is 3.15. The van der Waals surface area contributed by atoms with Crippen molar-refractivity contribution in [1.82, 2.24) is 34.3 Å². The Morgan fingerprint density at radius 2 is 2.13 bits per heavy atom. The Bertz CT molecular complexity index is 908. The molecule has 4 heterocycles. The van der Waals surface area contributed by atoms with Crippen LogP contribution in [0, 0.1) is 0 Å². The molecule has 2 aliphatic rings. The fraction of sp³-hybridized carbons (Fsp3) is 0.400. The summed E-state index contributed by atoms with van der Waals surface area (Å²) in [6.07, 6.45) is 7.44. The van der Waals surface area contributed by atoms with Gasteiger partial charge in [-0.05, 0) is 18.9 Å². The average molecular weight is 309 g/mol. The van der Waals surface area contributed by atoms with E-state index in [4.69, 9.17) is 0 Å². The molecule has 8 nitrogen and oxygen atoms in total. The molecule has 1 aliphatic carbocycles. The zero-order chi connectivity index (χ0) is 15.4. The number of hydrogen-bond acceptors (Lipinski definition) is 5. The van der Waals surface area contributed by atoms with Gasteiger partial charge in [0.2, 0.25) is 0 Å². The molecule has 23 heavy (non-hydrogen) atoms. The van der Waals surface area contributed by atoms with Gasteiger partial charge in [-0.3, -0.25) is 4.79 Å². The third-order valence-corrected chi connectivity index (χ3v) is 4.52. The number of carbonyl (C=O) groups is 1. The molecule has 0 bridgehead atoms. The second-order valence-corrected chi connectivity index (χ2v) is 6.07. The highest BCUT2D eigenvalue weighted by molar-refractivity contribution is 5.99. The minimum atomic E-state index is -0.0547. The van der Waals surface area contributed by atoms with Crippen LogP contribution in [0.25, 0.3) is 5.65 Å². The molecule has 1 fully saturated rings. The van der Waals surface area contributed by atoms with Crippen LogP contribution >= 0.6 is 0 Å². The van der Waals surface area contributed by atoms with Gasteiger partial charge in [0, 0.05) is 31.4 Å². The van der Waals surface area contributed by atoms with E-state index in [9.17, 15) is 4.79 Å². The van der Waals surface area contributed by atoms with E-state index in [1.165, 1.54) is 12.8 Å². The maximum Gasteiger partial charge on any atom is 0.259 e. The molecule has 0 saturated heterocycles. The monoisotopic (exact) mass is 309 g/mol. The Balaban J connectivity index is 1.45. The van der Waals surface area contributed by atoms with E-state index in [0.717, 1.165) is 18.2 Å². The van der Waals surface area contributed by atoms with E-state index in [0.29, 0.717) is 30.2 Å². The zero-order valence-corrected chi connectivity index (χ0v) is 12.5. The lowest BCUT2D eigenvalue weighted by molar-refractivity contribution is 0.0708. The van der Waals surface area contributed by atoms with E-state index in [-0.39, 0.29) is 5.91 Å². The first-order valence-corrected chi connectivity index (χ1v) is 7.81. The summed E-state index contributed by atoms with van der Waals surface area (Å²) in [4.78, 5) is 18.9. The standard InChI is InChI=1S/C15H15N7O/c23-15(11-8-17-22-5-1-4-16-14(11)22)20-6-7-21-12(9-20)18-19-13(21)10-2-3-10/h1,4-5,8,10H,2-3,6-7,9H2. The molecule has 116 valence electrons. The van der Waals surface area contributed by atoms with E-state index < -0.39 is 0 Å². The molecule has 3 aromatic rings. The van der Waals surface area contributed by atoms with E-state index in [2.05, 4.69) is 24.8 Å². The molecule has 3 aromatic heterocycles. The van der Waals surface area contributed by atoms with Crippen LogP contribution in [0.15, 0.2) is 24.7 Å². The smallest absolute Gasteiger partial charge is 0.259 e. The predicted octanol–water partition coefficient (Wildman–Crippen LogP) is 0.854. The Morgan fingerprint density at radius 1 is 1.22 bits per heavy atom. The SMILES string of the molecule is O=C(c1cnn2cccnc12)N1CCn2c(nnc2C2CC2)C1. The molecule has 1 amide bonds. The minimum absolute atomic E-state index is 0.0547. The summed E-state index contributed by atoms with van der Waals surface area (Å²) in [6, 6.07) is 1.79. The van der Waals surface area contributed by atoms with Gasteiger partial charge in [0.05, 0.1) is 12.7 Å². The molecular weight excluding hydrogens is 294 g/mol. The van der Waals surface area contributed by atoms with Crippen LogP contribution in [0.3, 0.4) is 0 Å². The molecule has 0 radical (unpaired) electrons. The maximum absolute atomic E-state index is 12.8. The molecule has 5 rings (SSSR count). The first-order valence-electron chi connectivity index (χ1n) is 7.81. The fourth-order valence-corrected chi connectivity index (χ4v) is 3.15. The average Bonchev–Trinajstić information content (AvgIpc) is 3.20. The third kappa shape index (κ3) is 1.94. The number of fused-ring (bicyclic) bond motifs is 2. The molecule has 0 spiro atoms. The Labute approximate surface area is 131 Å². The molecule has 0 unspecified atom stereocenters. The van der Waals surface area contributed by atoms with Crippen LogP contribution in [0.5, 0.6) is 0 Å². The lowest BCUT2D eigenvalue weighted by Gasteiger charge is -2.27. The number of amides is 1. The third-order valence-electron chi connectivity index (χ3n) is 4.52. The van der Waals surface area contributed by atoms with Gasteiger partial charge in [-0.1, -0.05) is 0 Å². The summed E-state index contributed by atoms with van der Waals surface area (Å²) >= 11 is 0. The first-order chi connectivity index (χ1) is 11.3. The highest BCUT2D eigenvalue weighted by Gasteiger charge is 2.33. The van der Waals surface area contributed by atoms with E-state index >= 15 is 0 Å². The van der Waals surface area contributed by atoms with Crippen molar-refractivity contribution in [3.63, 3.8) is 0 Å². The molecule has 0 atom stereocenters. The minimum Gasteiger partial charge on any atom is -0.329 e. The summed E-state index contributed by atoms with van der Waals surface area (Å²) < 4.78 is 3.79. The van der Waals surface area contributed by atoms with Crippen molar-refractivity contribution in [3.05, 3.63) is 41.9 Å². The van der Waals surface area contributed by atoms with Gasteiger partial charge in [-0.2, -0.15) is 5.10 Å². The number of hydrogen-bond donors (Lipinski definition) is 0. The van der Waals surface area contributed by atoms with Crippen LogP contribution in [0.1, 0.15) is 40.8 Å². The van der Waals surface area contributed by atoms with Crippen molar-refractivity contribution < 1.29 is 4.79 Å². The molecule has 1 aliphatic heterocycles. The number of rotatable bonds is 2. The number of carbonyl (C=O) groups excluding carboxylic acids is 1. The second-order valence-electron chi connectivity index (χ2n) is 6.07. The van der Waals surface area contributed by atoms with Crippen molar-refractivity contribution in [3.8, 4) is 0 Å². The molecular formula is C15H15N7O. The van der Waals surface area contributed by atoms with Gasteiger partial charge < -0.3 is 9.47 Å². The highest BCUT2D eigenvalue weighted by Crippen LogP contribution is 2.39. The van der Waals surface area contributed by atoms with Crippen molar-refractivity contribution in [2.45, 2.75) is 31.8 Å². The van der Waals surface area contributed by atoms with E-state index in [1.807, 2.05) is 0 Å². The highest BCUT2D eigenvalue weighted by atomic mass is 16.2. The van der Waals surface area contributed by atoms with Gasteiger partial charge in [-0.25, -0.2) is 9.50 Å². The number of aromatic nitrogens is 6. The van der Waals surface area contributed by atoms with Gasteiger partial charge in [-0.15, -0.1) is 10.2 Å². The van der Waals surface area contributed by atoms with Crippen LogP contribution in [0.2, 0.25) is 0 Å². The molecule has 0 N–H and O–H groups in total. The molecule has 0 aromatic carbocycles. The lowest BCUT2D eigenvalue weighted by Crippen LogP contribution is -2.38. The zero-order valence-electron chi connectivity index (χ0n) is 12.5. The second kappa shape index (κ2) is 4.61. The predicted molar refractivity (Wildman–Crippen MR) is 79.7 cm³/mol. The topological polar surface area (TPSA) is 81.2 Å². The van der Waals surface area contributed by atoms with E-state index in [1.54, 1.807) is 34.1 Å². The van der Waals surface area contributed by atoms with Crippen LogP contribution in [-0.4, -0.2) is 46.7 Å². The molecule has 8 heteroatoms. The first kappa shape index (κ1) is 12.7. The van der Waals surface area contributed by atoms with Gasteiger partial charge in [0.25, 0.3) is 5.91 Å². The van der Waals surface area contributed by atoms with Crippen molar-refractivity contribution in [1.29, 1.82) is 0 Å². The maximum atomic E-state index is 12.8. The number of nitrogens with zero attached hydrogens (tertiary/aromatic N) is 7. The van der Waals surface area contributed by atoms with Crippen LogP contribution < -0.4 is 0 Å². The Hall–Kier alpha value is -2.77. The van der Waals surface area contributed by atoms with Crippen molar-refractivity contribution >= 4 is 11.6 Å². The lowest BCUT2D eigenvalue weighted by atomic mass is 10.2. The van der Waals surface area contributed by atoms with Gasteiger partial charge in [0.15, 0.2) is 11.5 Å². The van der Waals surface area contributed by atoms with Gasteiger partial charge in [0.1, 0.15) is 11.4 Å². The van der Waals surface area contributed by atoms with Crippen molar-refractivity contribution in [2.75, 3.05) is 6.54 Å². The van der Waals surface area contributed by atoms with Crippen LogP contribution in [-0.2, 0) is 13.1 Å².